The summed E-state index contributed by atoms with van der Waals surface area (Å²) in [5.41, 5.74) is 2.13. The Labute approximate surface area is 125 Å². The van der Waals surface area contributed by atoms with Gasteiger partial charge in [-0.05, 0) is 24.6 Å². The average molecular weight is 292 g/mol. The predicted molar refractivity (Wildman–Crippen MR) is 84.7 cm³/mol. The van der Waals surface area contributed by atoms with E-state index in [9.17, 15) is 10.1 Å². The van der Waals surface area contributed by atoms with Crippen LogP contribution < -0.4 is 5.32 Å². The first-order chi connectivity index (χ1) is 10.1. The highest BCUT2D eigenvalue weighted by Crippen LogP contribution is 2.23. The van der Waals surface area contributed by atoms with E-state index in [4.69, 9.17) is 0 Å². The van der Waals surface area contributed by atoms with Crippen molar-refractivity contribution in [1.82, 2.24) is 9.80 Å². The number of piperazine rings is 1. The van der Waals surface area contributed by atoms with Crippen LogP contribution in [0.3, 0.4) is 0 Å². The van der Waals surface area contributed by atoms with E-state index in [-0.39, 0.29) is 10.6 Å². The molecule has 0 radical (unpaired) electrons. The maximum atomic E-state index is 10.9. The number of rotatable bonds is 6. The molecule has 21 heavy (non-hydrogen) atoms. The molecule has 1 saturated heterocycles. The van der Waals surface area contributed by atoms with Crippen LogP contribution in [0.15, 0.2) is 18.2 Å². The Kier molecular flexibility index (Phi) is 5.52. The molecular formula is C15H24N4O2. The van der Waals surface area contributed by atoms with Gasteiger partial charge in [-0.3, -0.25) is 15.0 Å². The van der Waals surface area contributed by atoms with Crippen LogP contribution in [0.1, 0.15) is 18.9 Å². The lowest BCUT2D eigenvalue weighted by atomic mass is 10.1. The maximum absolute atomic E-state index is 10.9. The molecule has 1 aromatic rings. The van der Waals surface area contributed by atoms with Gasteiger partial charge in [0.05, 0.1) is 4.92 Å². The van der Waals surface area contributed by atoms with Crippen LogP contribution in [-0.2, 0) is 6.54 Å². The summed E-state index contributed by atoms with van der Waals surface area (Å²) < 4.78 is 0. The van der Waals surface area contributed by atoms with E-state index in [0.717, 1.165) is 50.5 Å². The fourth-order valence-electron chi connectivity index (χ4n) is 2.80. The van der Waals surface area contributed by atoms with Gasteiger partial charge in [0.1, 0.15) is 0 Å². The number of anilines is 1. The number of nitrogens with zero attached hydrogens (tertiary/aromatic N) is 3. The summed E-state index contributed by atoms with van der Waals surface area (Å²) in [7, 11) is 1.85. The summed E-state index contributed by atoms with van der Waals surface area (Å²) in [6, 6.07) is 5.03. The Balaban J connectivity index is 2.02. The van der Waals surface area contributed by atoms with Crippen molar-refractivity contribution in [2.45, 2.75) is 19.9 Å². The van der Waals surface area contributed by atoms with Gasteiger partial charge < -0.3 is 10.2 Å². The number of non-ortho nitro benzene ring substituents is 1. The molecule has 0 spiro atoms. The number of hydrogen-bond donors (Lipinski definition) is 1. The largest absolute Gasteiger partial charge is 0.388 e. The Bertz CT molecular complexity index is 485. The van der Waals surface area contributed by atoms with Crippen molar-refractivity contribution in [3.63, 3.8) is 0 Å². The summed E-state index contributed by atoms with van der Waals surface area (Å²) >= 11 is 0. The van der Waals surface area contributed by atoms with Gasteiger partial charge in [-0.15, -0.1) is 0 Å². The molecule has 0 aromatic heterocycles. The maximum Gasteiger partial charge on any atom is 0.269 e. The third-order valence-corrected chi connectivity index (χ3v) is 3.97. The second-order valence-electron chi connectivity index (χ2n) is 5.47. The lowest BCUT2D eigenvalue weighted by Crippen LogP contribution is -2.46. The zero-order chi connectivity index (χ0) is 15.2. The first-order valence-corrected chi connectivity index (χ1v) is 7.53. The van der Waals surface area contributed by atoms with E-state index in [0.29, 0.717) is 0 Å². The van der Waals surface area contributed by atoms with Gasteiger partial charge in [-0.1, -0.05) is 6.92 Å². The van der Waals surface area contributed by atoms with Crippen molar-refractivity contribution in [3.8, 4) is 0 Å². The highest BCUT2D eigenvalue weighted by atomic mass is 16.6. The Hall–Kier alpha value is -1.66. The summed E-state index contributed by atoms with van der Waals surface area (Å²) in [6.45, 7) is 8.33. The lowest BCUT2D eigenvalue weighted by molar-refractivity contribution is -0.384. The molecule has 2 rings (SSSR count). The van der Waals surface area contributed by atoms with Crippen molar-refractivity contribution >= 4 is 11.4 Å². The number of nitro groups is 1. The summed E-state index contributed by atoms with van der Waals surface area (Å²) in [4.78, 5) is 15.4. The van der Waals surface area contributed by atoms with Crippen molar-refractivity contribution in [3.05, 3.63) is 33.9 Å². The normalized spacial score (nSPS) is 16.9. The van der Waals surface area contributed by atoms with E-state index in [1.54, 1.807) is 18.2 Å². The Morgan fingerprint density at radius 2 is 1.90 bits per heavy atom. The fourth-order valence-corrected chi connectivity index (χ4v) is 2.80. The van der Waals surface area contributed by atoms with Gasteiger partial charge >= 0.3 is 0 Å². The molecule has 1 aliphatic heterocycles. The van der Waals surface area contributed by atoms with Gasteiger partial charge in [0.15, 0.2) is 0 Å². The molecule has 0 bridgehead atoms. The van der Waals surface area contributed by atoms with Gasteiger partial charge in [0.2, 0.25) is 0 Å². The third-order valence-electron chi connectivity index (χ3n) is 3.97. The standard InChI is InChI=1S/C15H24N4O2/c1-3-6-17-7-9-18(10-8-17)12-13-11-14(19(20)21)4-5-15(13)16-2/h4-5,11,16H,3,6-10,12H2,1-2H3. The highest BCUT2D eigenvalue weighted by Gasteiger charge is 2.18. The molecule has 1 fully saturated rings. The number of nitrogens with one attached hydrogen (secondary N) is 1. The van der Waals surface area contributed by atoms with E-state index in [2.05, 4.69) is 22.0 Å². The average Bonchev–Trinajstić information content (AvgIpc) is 2.49. The number of hydrogen-bond acceptors (Lipinski definition) is 5. The lowest BCUT2D eigenvalue weighted by Gasteiger charge is -2.34. The zero-order valence-electron chi connectivity index (χ0n) is 12.8. The first kappa shape index (κ1) is 15.7. The zero-order valence-corrected chi connectivity index (χ0v) is 12.8. The number of nitro benzene ring substituents is 1. The minimum Gasteiger partial charge on any atom is -0.388 e. The molecule has 0 unspecified atom stereocenters. The van der Waals surface area contributed by atoms with Crippen molar-refractivity contribution in [2.75, 3.05) is 45.1 Å². The molecule has 0 saturated carbocycles. The molecule has 1 aromatic carbocycles. The third kappa shape index (κ3) is 4.15. The van der Waals surface area contributed by atoms with Crippen LogP contribution in [0.5, 0.6) is 0 Å². The van der Waals surface area contributed by atoms with Gasteiger partial charge in [-0.25, -0.2) is 0 Å². The van der Waals surface area contributed by atoms with E-state index in [1.165, 1.54) is 6.42 Å². The molecule has 1 aliphatic rings. The van der Waals surface area contributed by atoms with Crippen molar-refractivity contribution in [1.29, 1.82) is 0 Å². The fraction of sp³-hybridized carbons (Fsp3) is 0.600. The minimum absolute atomic E-state index is 0.161. The minimum atomic E-state index is -0.331. The molecule has 6 heteroatoms. The smallest absolute Gasteiger partial charge is 0.269 e. The molecule has 1 heterocycles. The highest BCUT2D eigenvalue weighted by molar-refractivity contribution is 5.55. The molecular weight excluding hydrogens is 268 g/mol. The second-order valence-corrected chi connectivity index (χ2v) is 5.47. The van der Waals surface area contributed by atoms with Gasteiger partial charge in [0, 0.05) is 57.6 Å². The van der Waals surface area contributed by atoms with Crippen LogP contribution in [0.4, 0.5) is 11.4 Å². The molecule has 116 valence electrons. The quantitative estimate of drug-likeness (QED) is 0.643. The monoisotopic (exact) mass is 292 g/mol. The predicted octanol–water partition coefficient (Wildman–Crippen LogP) is 2.16. The Morgan fingerprint density at radius 1 is 1.24 bits per heavy atom. The summed E-state index contributed by atoms with van der Waals surface area (Å²) in [5, 5.41) is 14.0. The van der Waals surface area contributed by atoms with Crippen LogP contribution in [0.25, 0.3) is 0 Å². The Morgan fingerprint density at radius 3 is 2.48 bits per heavy atom. The van der Waals surface area contributed by atoms with Crippen LogP contribution in [0, 0.1) is 10.1 Å². The van der Waals surface area contributed by atoms with Crippen LogP contribution >= 0.6 is 0 Å². The van der Waals surface area contributed by atoms with Crippen LogP contribution in [-0.4, -0.2) is 54.5 Å². The first-order valence-electron chi connectivity index (χ1n) is 7.53. The molecule has 0 atom stereocenters. The number of benzene rings is 1. The SMILES string of the molecule is CCCN1CCN(Cc2cc([N+](=O)[O-])ccc2NC)CC1. The molecule has 6 nitrogen and oxygen atoms in total. The van der Waals surface area contributed by atoms with Crippen molar-refractivity contribution in [2.24, 2.45) is 0 Å². The van der Waals surface area contributed by atoms with E-state index >= 15 is 0 Å². The molecule has 0 aliphatic carbocycles. The second kappa shape index (κ2) is 7.38. The molecule has 1 N–H and O–H groups in total. The van der Waals surface area contributed by atoms with Gasteiger partial charge in [-0.2, -0.15) is 0 Å². The summed E-state index contributed by atoms with van der Waals surface area (Å²) in [6.07, 6.45) is 1.19. The van der Waals surface area contributed by atoms with Crippen LogP contribution in [0.2, 0.25) is 0 Å². The van der Waals surface area contributed by atoms with E-state index in [1.807, 2.05) is 7.05 Å². The topological polar surface area (TPSA) is 61.7 Å². The molecule has 0 amide bonds. The van der Waals surface area contributed by atoms with Crippen molar-refractivity contribution < 1.29 is 4.92 Å². The van der Waals surface area contributed by atoms with E-state index < -0.39 is 0 Å². The van der Waals surface area contributed by atoms with Gasteiger partial charge in [0.25, 0.3) is 5.69 Å². The summed E-state index contributed by atoms with van der Waals surface area (Å²) in [5.74, 6) is 0.